The number of nitrogens with one attached hydrogen (secondary N) is 1. The smallest absolute Gasteiger partial charge is 0.124 e. The first-order valence-electron chi connectivity index (χ1n) is 5.19. The second-order valence-electron chi connectivity index (χ2n) is 3.73. The molecule has 5 heteroatoms. The maximum Gasteiger partial charge on any atom is 0.124 e. The van der Waals surface area contributed by atoms with Gasteiger partial charge in [0.1, 0.15) is 5.82 Å². The molecule has 0 aliphatic carbocycles. The van der Waals surface area contributed by atoms with Gasteiger partial charge < -0.3 is 5.32 Å². The molecule has 0 aliphatic rings. The summed E-state index contributed by atoms with van der Waals surface area (Å²) in [5.41, 5.74) is 2.02. The van der Waals surface area contributed by atoms with E-state index in [1.807, 2.05) is 18.2 Å². The van der Waals surface area contributed by atoms with Crippen LogP contribution in [0.25, 0.3) is 0 Å². The first kappa shape index (κ1) is 14.1. The lowest BCUT2D eigenvalue weighted by Crippen LogP contribution is -2.01. The largest absolute Gasteiger partial charge is 0.380 e. The van der Waals surface area contributed by atoms with E-state index in [1.165, 1.54) is 12.1 Å². The third-order valence-corrected chi connectivity index (χ3v) is 4.50. The molecule has 2 rings (SSSR count). The molecule has 18 heavy (non-hydrogen) atoms. The summed E-state index contributed by atoms with van der Waals surface area (Å²) in [7, 11) is 0. The van der Waals surface area contributed by atoms with Crippen molar-refractivity contribution < 1.29 is 4.39 Å². The highest BCUT2D eigenvalue weighted by Gasteiger charge is 2.02. The summed E-state index contributed by atoms with van der Waals surface area (Å²) >= 11 is 11.4. The normalized spacial score (nSPS) is 10.4. The highest BCUT2D eigenvalue weighted by atomic mass is 127. The van der Waals surface area contributed by atoms with Crippen molar-refractivity contribution in [2.24, 2.45) is 0 Å². The second-order valence-corrected chi connectivity index (χ2v) is 6.15. The molecule has 2 aromatic rings. The minimum Gasteiger partial charge on any atom is -0.380 e. The quantitative estimate of drug-likeness (QED) is 0.625. The standard InChI is InChI=1S/C13H9BrClFIN/c14-10-5-8(1-3-11(10)15)7-18-13-4-2-9(16)6-12(13)17/h1-6,18H,7H2. The highest BCUT2D eigenvalue weighted by Crippen LogP contribution is 2.24. The van der Waals surface area contributed by atoms with Crippen molar-refractivity contribution in [1.29, 1.82) is 0 Å². The highest BCUT2D eigenvalue weighted by molar-refractivity contribution is 14.1. The zero-order valence-corrected chi connectivity index (χ0v) is 13.7. The minimum absolute atomic E-state index is 0.223. The topological polar surface area (TPSA) is 12.0 Å². The summed E-state index contributed by atoms with van der Waals surface area (Å²) in [6, 6.07) is 10.4. The van der Waals surface area contributed by atoms with Crippen LogP contribution in [0.4, 0.5) is 10.1 Å². The van der Waals surface area contributed by atoms with E-state index in [9.17, 15) is 4.39 Å². The van der Waals surface area contributed by atoms with Gasteiger partial charge in [-0.25, -0.2) is 4.39 Å². The second kappa shape index (κ2) is 6.21. The zero-order valence-electron chi connectivity index (χ0n) is 9.18. The molecular formula is C13H9BrClFIN. The molecule has 0 saturated carbocycles. The van der Waals surface area contributed by atoms with E-state index in [4.69, 9.17) is 11.6 Å². The van der Waals surface area contributed by atoms with Gasteiger partial charge in [-0.15, -0.1) is 0 Å². The summed E-state index contributed by atoms with van der Waals surface area (Å²) in [6.07, 6.45) is 0. The van der Waals surface area contributed by atoms with Crippen molar-refractivity contribution in [3.05, 3.63) is 60.8 Å². The van der Waals surface area contributed by atoms with Crippen LogP contribution < -0.4 is 5.32 Å². The molecule has 0 fully saturated rings. The molecule has 0 atom stereocenters. The van der Waals surface area contributed by atoms with Gasteiger partial charge in [0.15, 0.2) is 0 Å². The number of benzene rings is 2. The Morgan fingerprint density at radius 2 is 2.00 bits per heavy atom. The fourth-order valence-electron chi connectivity index (χ4n) is 1.48. The summed E-state index contributed by atoms with van der Waals surface area (Å²) in [5.74, 6) is -0.223. The molecule has 94 valence electrons. The Hall–Kier alpha value is -0.330. The molecular weight excluding hydrogens is 431 g/mol. The fourth-order valence-corrected chi connectivity index (χ4v) is 2.69. The van der Waals surface area contributed by atoms with Crippen molar-refractivity contribution in [3.8, 4) is 0 Å². The molecule has 1 nitrogen and oxygen atoms in total. The molecule has 0 aromatic heterocycles. The Bertz CT molecular complexity index is 577. The van der Waals surface area contributed by atoms with Gasteiger partial charge in [-0.05, 0) is 74.4 Å². The first-order chi connectivity index (χ1) is 8.56. The molecule has 0 unspecified atom stereocenters. The van der Waals surface area contributed by atoms with Crippen LogP contribution in [0.1, 0.15) is 5.56 Å². The predicted octanol–water partition coefficient (Wildman–Crippen LogP) is 5.46. The lowest BCUT2D eigenvalue weighted by molar-refractivity contribution is 0.627. The lowest BCUT2D eigenvalue weighted by atomic mass is 10.2. The maximum absolute atomic E-state index is 13.0. The van der Waals surface area contributed by atoms with E-state index in [2.05, 4.69) is 43.8 Å². The van der Waals surface area contributed by atoms with Crippen molar-refractivity contribution in [2.45, 2.75) is 6.54 Å². The monoisotopic (exact) mass is 439 g/mol. The zero-order chi connectivity index (χ0) is 13.1. The minimum atomic E-state index is -0.223. The average Bonchev–Trinajstić information content (AvgIpc) is 2.32. The van der Waals surface area contributed by atoms with Gasteiger partial charge in [0.25, 0.3) is 0 Å². The predicted molar refractivity (Wildman–Crippen MR) is 85.6 cm³/mol. The van der Waals surface area contributed by atoms with Crippen LogP contribution >= 0.6 is 50.1 Å². The van der Waals surface area contributed by atoms with Crippen LogP contribution in [0.3, 0.4) is 0 Å². The van der Waals surface area contributed by atoms with E-state index in [0.29, 0.717) is 11.6 Å². The Morgan fingerprint density at radius 3 is 2.67 bits per heavy atom. The molecule has 0 heterocycles. The van der Waals surface area contributed by atoms with Crippen molar-refractivity contribution >= 4 is 55.8 Å². The molecule has 0 spiro atoms. The van der Waals surface area contributed by atoms with Crippen LogP contribution in [-0.2, 0) is 6.54 Å². The average molecular weight is 440 g/mol. The fraction of sp³-hybridized carbons (Fsp3) is 0.0769. The Morgan fingerprint density at radius 1 is 1.22 bits per heavy atom. The summed E-state index contributed by atoms with van der Waals surface area (Å²) in [5, 5.41) is 3.95. The number of halogens is 4. The Kier molecular flexibility index (Phi) is 4.86. The molecule has 2 aromatic carbocycles. The van der Waals surface area contributed by atoms with Crippen molar-refractivity contribution in [1.82, 2.24) is 0 Å². The third kappa shape index (κ3) is 3.59. The van der Waals surface area contributed by atoms with E-state index in [-0.39, 0.29) is 5.82 Å². The lowest BCUT2D eigenvalue weighted by Gasteiger charge is -2.09. The van der Waals surface area contributed by atoms with Crippen LogP contribution in [-0.4, -0.2) is 0 Å². The number of rotatable bonds is 3. The van der Waals surface area contributed by atoms with Crippen molar-refractivity contribution in [2.75, 3.05) is 5.32 Å². The molecule has 0 saturated heterocycles. The molecule has 0 amide bonds. The van der Waals surface area contributed by atoms with Crippen LogP contribution in [0, 0.1) is 9.39 Å². The van der Waals surface area contributed by atoms with E-state index in [0.717, 1.165) is 19.3 Å². The van der Waals surface area contributed by atoms with E-state index >= 15 is 0 Å². The number of hydrogen-bond donors (Lipinski definition) is 1. The molecule has 0 aliphatic heterocycles. The van der Waals surface area contributed by atoms with E-state index in [1.54, 1.807) is 6.07 Å². The molecule has 0 radical (unpaired) electrons. The van der Waals surface area contributed by atoms with Gasteiger partial charge in [0.05, 0.1) is 5.02 Å². The Balaban J connectivity index is 2.09. The van der Waals surface area contributed by atoms with E-state index < -0.39 is 0 Å². The maximum atomic E-state index is 13.0. The third-order valence-electron chi connectivity index (χ3n) is 2.40. The molecule has 0 bridgehead atoms. The number of hydrogen-bond acceptors (Lipinski definition) is 1. The summed E-state index contributed by atoms with van der Waals surface area (Å²) in [6.45, 7) is 0.664. The summed E-state index contributed by atoms with van der Waals surface area (Å²) in [4.78, 5) is 0. The van der Waals surface area contributed by atoms with Crippen LogP contribution in [0.2, 0.25) is 5.02 Å². The number of anilines is 1. The molecule has 1 N–H and O–H groups in total. The van der Waals surface area contributed by atoms with Gasteiger partial charge in [0, 0.05) is 20.3 Å². The van der Waals surface area contributed by atoms with Crippen LogP contribution in [0.5, 0.6) is 0 Å². The van der Waals surface area contributed by atoms with Crippen molar-refractivity contribution in [3.63, 3.8) is 0 Å². The first-order valence-corrected chi connectivity index (χ1v) is 7.44. The van der Waals surface area contributed by atoms with Crippen LogP contribution in [0.15, 0.2) is 40.9 Å². The Labute approximate surface area is 132 Å². The van der Waals surface area contributed by atoms with Gasteiger partial charge in [0.2, 0.25) is 0 Å². The summed E-state index contributed by atoms with van der Waals surface area (Å²) < 4.78 is 14.7. The van der Waals surface area contributed by atoms with Gasteiger partial charge in [-0.2, -0.15) is 0 Å². The van der Waals surface area contributed by atoms with Gasteiger partial charge in [-0.1, -0.05) is 17.7 Å². The van der Waals surface area contributed by atoms with Gasteiger partial charge >= 0.3 is 0 Å². The van der Waals surface area contributed by atoms with Gasteiger partial charge in [-0.3, -0.25) is 0 Å². The SMILES string of the molecule is Fc1ccc(NCc2ccc(Cl)c(Br)c2)c(I)c1.